The molecule has 0 radical (unpaired) electrons. The largest absolute Gasteiger partial charge is 1.00 e. The van der Waals surface area contributed by atoms with Crippen LogP contribution < -0.4 is 69.7 Å². The number of rotatable bonds is 7. The second kappa shape index (κ2) is 12.0. The summed E-state index contributed by atoms with van der Waals surface area (Å²) in [5, 5.41) is 1.57. The normalized spacial score (nSPS) is 12.2. The zero-order valence-corrected chi connectivity index (χ0v) is 21.9. The standard InChI is InChI=1S/C14H16O6P2S2.2Na/c15-23(16,17)13-5-1-3-11(9-13)21-7-8-22-12-4-2-6-14(10-12)24(18,19)20;;/h1-6,9-10,21-22H,7-8H2,(H,15,16,17)(H,18,19,20);;/q;2*+1/p-2. The summed E-state index contributed by atoms with van der Waals surface area (Å²) in [6, 6.07) is 11.9. The molecule has 0 saturated heterocycles. The number of hydrogen-bond donors (Lipinski definition) is 0. The molecule has 26 heavy (non-hydrogen) atoms. The molecule has 0 bridgehead atoms. The van der Waals surface area contributed by atoms with Gasteiger partial charge >= 0.3 is 59.1 Å². The third kappa shape index (κ3) is 9.08. The van der Waals surface area contributed by atoms with Crippen LogP contribution in [-0.2, 0) is 20.2 Å². The van der Waals surface area contributed by atoms with E-state index in [0.29, 0.717) is 17.2 Å². The van der Waals surface area contributed by atoms with Gasteiger partial charge in [0, 0.05) is 0 Å². The molecule has 2 aromatic rings. The van der Waals surface area contributed by atoms with Crippen LogP contribution in [0.15, 0.2) is 58.3 Å². The predicted octanol–water partition coefficient (Wildman–Crippen LogP) is -5.19. The van der Waals surface area contributed by atoms with E-state index in [2.05, 4.69) is 0 Å². The zero-order chi connectivity index (χ0) is 17.8. The Balaban J connectivity index is 0.00000312. The van der Waals surface area contributed by atoms with Crippen LogP contribution in [-0.4, -0.2) is 38.3 Å². The van der Waals surface area contributed by atoms with E-state index in [1.54, 1.807) is 12.1 Å². The maximum atomic E-state index is 11.0. The van der Waals surface area contributed by atoms with Gasteiger partial charge < -0.3 is 9.11 Å². The first-order chi connectivity index (χ1) is 11.2. The molecule has 130 valence electrons. The van der Waals surface area contributed by atoms with Gasteiger partial charge in [-0.3, -0.25) is 0 Å². The molecule has 0 amide bonds. The zero-order valence-electron chi connectivity index (χ0n) is 14.3. The van der Waals surface area contributed by atoms with Gasteiger partial charge in [-0.1, -0.05) is 41.4 Å². The fraction of sp³-hybridized carbons (Fsp3) is 0.143. The van der Waals surface area contributed by atoms with Gasteiger partial charge in [-0.15, -0.1) is 0 Å². The van der Waals surface area contributed by atoms with Gasteiger partial charge in [0.2, 0.25) is 0 Å². The van der Waals surface area contributed by atoms with Gasteiger partial charge in [0.15, 0.2) is 0 Å². The van der Waals surface area contributed by atoms with Crippen molar-refractivity contribution < 1.29 is 85.1 Å². The van der Waals surface area contributed by atoms with E-state index in [0.717, 1.165) is 22.9 Å². The Labute approximate surface area is 201 Å². The summed E-state index contributed by atoms with van der Waals surface area (Å²) in [7, 11) is -8.21. The number of hydrogen-bond acceptors (Lipinski definition) is 6. The molecule has 2 rings (SSSR count). The van der Waals surface area contributed by atoms with Crippen molar-refractivity contribution in [3.8, 4) is 0 Å². The molecule has 0 aliphatic rings. The van der Waals surface area contributed by atoms with Crippen molar-refractivity contribution in [1.29, 1.82) is 0 Å². The van der Waals surface area contributed by atoms with E-state index >= 15 is 0 Å². The average molecular weight is 450 g/mol. The first-order valence-corrected chi connectivity index (χ1v) is 12.0. The summed E-state index contributed by atoms with van der Waals surface area (Å²) in [5.41, 5.74) is 0. The third-order valence-corrected chi connectivity index (χ3v) is 7.63. The second-order valence-electron chi connectivity index (χ2n) is 4.82. The molecule has 0 spiro atoms. The van der Waals surface area contributed by atoms with Gasteiger partial charge in [-0.25, -0.2) is 16.8 Å². The molecule has 0 N–H and O–H groups in total. The fourth-order valence-electron chi connectivity index (χ4n) is 1.94. The average Bonchev–Trinajstić information content (AvgIpc) is 2.51. The SMILES string of the molecule is O=S(=O)([O-])c1cccc(PCCPc2cccc(S(=O)(=O)[O-])c2)c1.[Na+].[Na+]. The van der Waals surface area contributed by atoms with Gasteiger partial charge in [0.25, 0.3) is 0 Å². The van der Waals surface area contributed by atoms with Crippen LogP contribution in [0.4, 0.5) is 0 Å². The second-order valence-corrected chi connectivity index (χ2v) is 10.4. The third-order valence-electron chi connectivity index (χ3n) is 3.03. The molecule has 2 atom stereocenters. The van der Waals surface area contributed by atoms with Crippen LogP contribution in [0.25, 0.3) is 0 Å². The summed E-state index contributed by atoms with van der Waals surface area (Å²) in [6.45, 7) is 0. The summed E-state index contributed by atoms with van der Waals surface area (Å²) >= 11 is 0. The molecule has 0 aliphatic carbocycles. The van der Waals surface area contributed by atoms with E-state index in [9.17, 15) is 25.9 Å². The molecule has 0 aromatic heterocycles. The Kier molecular flexibility index (Phi) is 12.5. The van der Waals surface area contributed by atoms with E-state index in [4.69, 9.17) is 0 Å². The van der Waals surface area contributed by atoms with Gasteiger partial charge in [-0.2, -0.15) is 0 Å². The Morgan fingerprint density at radius 3 is 1.35 bits per heavy atom. The van der Waals surface area contributed by atoms with E-state index in [-0.39, 0.29) is 68.9 Å². The first-order valence-electron chi connectivity index (χ1n) is 6.76. The summed E-state index contributed by atoms with van der Waals surface area (Å²) < 4.78 is 65.9. The quantitative estimate of drug-likeness (QED) is 0.180. The minimum Gasteiger partial charge on any atom is -0.744 e. The van der Waals surface area contributed by atoms with Crippen LogP contribution in [0.2, 0.25) is 0 Å². The van der Waals surface area contributed by atoms with Crippen molar-refractivity contribution in [3.05, 3.63) is 48.5 Å². The first kappa shape index (κ1) is 27.1. The van der Waals surface area contributed by atoms with Crippen LogP contribution in [0.5, 0.6) is 0 Å². The van der Waals surface area contributed by atoms with Crippen LogP contribution in [0, 0.1) is 0 Å². The summed E-state index contributed by atoms with van der Waals surface area (Å²) in [6.07, 6.45) is 1.55. The van der Waals surface area contributed by atoms with E-state index < -0.39 is 20.2 Å². The van der Waals surface area contributed by atoms with Gasteiger partial charge in [-0.05, 0) is 47.2 Å². The minimum absolute atomic E-state index is 0. The van der Waals surface area contributed by atoms with Crippen LogP contribution >= 0.6 is 17.2 Å². The van der Waals surface area contributed by atoms with Crippen molar-refractivity contribution in [2.75, 3.05) is 12.3 Å². The molecule has 12 heteroatoms. The number of benzene rings is 2. The summed E-state index contributed by atoms with van der Waals surface area (Å²) in [5.74, 6) is 0. The van der Waals surface area contributed by atoms with Crippen molar-refractivity contribution in [1.82, 2.24) is 0 Å². The topological polar surface area (TPSA) is 114 Å². The molecule has 6 nitrogen and oxygen atoms in total. The summed E-state index contributed by atoms with van der Waals surface area (Å²) in [4.78, 5) is -0.466. The van der Waals surface area contributed by atoms with Crippen molar-refractivity contribution in [2.24, 2.45) is 0 Å². The van der Waals surface area contributed by atoms with Crippen molar-refractivity contribution >= 4 is 48.0 Å². The fourth-order valence-corrected chi connectivity index (χ4v) is 5.70. The smallest absolute Gasteiger partial charge is 0.744 e. The van der Waals surface area contributed by atoms with Crippen molar-refractivity contribution in [2.45, 2.75) is 9.79 Å². The Morgan fingerprint density at radius 2 is 1.04 bits per heavy atom. The van der Waals surface area contributed by atoms with Crippen LogP contribution in [0.3, 0.4) is 0 Å². The molecule has 0 aliphatic heterocycles. The van der Waals surface area contributed by atoms with Gasteiger partial charge in [0.05, 0.1) is 9.79 Å². The molecule has 0 saturated carbocycles. The molecular formula is C14H14Na2O6P2S2. The Hall–Kier alpha value is 1.12. The Morgan fingerprint density at radius 1 is 0.692 bits per heavy atom. The van der Waals surface area contributed by atoms with E-state index in [1.165, 1.54) is 36.4 Å². The molecule has 2 unspecified atom stereocenters. The molecule has 0 fully saturated rings. The molecule has 2 aromatic carbocycles. The molecular weight excluding hydrogens is 436 g/mol. The van der Waals surface area contributed by atoms with E-state index in [1.807, 2.05) is 0 Å². The van der Waals surface area contributed by atoms with Crippen molar-refractivity contribution in [3.63, 3.8) is 0 Å². The maximum Gasteiger partial charge on any atom is 1.00 e. The molecule has 0 heterocycles. The van der Waals surface area contributed by atoms with Crippen LogP contribution in [0.1, 0.15) is 0 Å². The predicted molar refractivity (Wildman–Crippen MR) is 94.4 cm³/mol. The minimum atomic E-state index is -4.45. The van der Waals surface area contributed by atoms with Gasteiger partial charge in [0.1, 0.15) is 20.2 Å². The monoisotopic (exact) mass is 450 g/mol. The Bertz CT molecular complexity index is 858. The maximum absolute atomic E-state index is 11.0.